The maximum Gasteiger partial charge on any atom is 0.199 e. The Balaban J connectivity index is 1.94. The van der Waals surface area contributed by atoms with Crippen molar-refractivity contribution in [1.29, 1.82) is 0 Å². The largest absolute Gasteiger partial charge is 0.367 e. The third kappa shape index (κ3) is 1.85. The summed E-state index contributed by atoms with van der Waals surface area (Å²) in [7, 11) is 0. The Morgan fingerprint density at radius 1 is 1.38 bits per heavy atom. The molecular weight excluding hydrogens is 220 g/mol. The number of nitrogens with zero attached hydrogens (tertiary/aromatic N) is 1. The van der Waals surface area contributed by atoms with Gasteiger partial charge in [-0.05, 0) is 44.4 Å². The van der Waals surface area contributed by atoms with E-state index < -0.39 is 0 Å². The molecule has 0 aromatic carbocycles. The molecule has 2 heterocycles. The third-order valence-electron chi connectivity index (χ3n) is 3.42. The molecule has 0 bridgehead atoms. The number of H-pyrrole nitrogens is 1. The van der Waals surface area contributed by atoms with Crippen LogP contribution >= 0.6 is 12.2 Å². The molecule has 2 aliphatic rings. The monoisotopic (exact) mass is 236 g/mol. The molecule has 1 aromatic rings. The molecule has 0 atom stereocenters. The lowest BCUT2D eigenvalue weighted by molar-refractivity contribution is 0.443. The normalized spacial score (nSPS) is 20.0. The molecule has 5 heteroatoms. The van der Waals surface area contributed by atoms with Crippen LogP contribution in [0.1, 0.15) is 30.5 Å². The van der Waals surface area contributed by atoms with Crippen molar-refractivity contribution in [2.24, 2.45) is 0 Å². The topological polar surface area (TPSA) is 52.7 Å². The molecule has 1 aromatic heterocycles. The molecule has 0 saturated heterocycles. The molecular formula is C11H16N4S. The van der Waals surface area contributed by atoms with Crippen LogP contribution in [0.5, 0.6) is 0 Å². The van der Waals surface area contributed by atoms with E-state index >= 15 is 0 Å². The lowest BCUT2D eigenvalue weighted by Gasteiger charge is -2.29. The number of anilines is 1. The number of rotatable bonds is 2. The van der Waals surface area contributed by atoms with Gasteiger partial charge < -0.3 is 15.6 Å². The van der Waals surface area contributed by atoms with Gasteiger partial charge >= 0.3 is 0 Å². The van der Waals surface area contributed by atoms with Crippen LogP contribution in [-0.2, 0) is 13.0 Å². The summed E-state index contributed by atoms with van der Waals surface area (Å²) in [5.41, 5.74) is 2.52. The summed E-state index contributed by atoms with van der Waals surface area (Å²) < 4.78 is 0.587. The van der Waals surface area contributed by atoms with Gasteiger partial charge in [0.15, 0.2) is 4.77 Å². The average molecular weight is 236 g/mol. The molecule has 0 spiro atoms. The number of hydrogen-bond acceptors (Lipinski definition) is 4. The van der Waals surface area contributed by atoms with E-state index in [0.717, 1.165) is 25.3 Å². The zero-order chi connectivity index (χ0) is 11.0. The van der Waals surface area contributed by atoms with Gasteiger partial charge in [0.05, 0.1) is 0 Å². The van der Waals surface area contributed by atoms with Crippen molar-refractivity contribution in [3.63, 3.8) is 0 Å². The summed E-state index contributed by atoms with van der Waals surface area (Å²) >= 11 is 5.16. The zero-order valence-electron chi connectivity index (χ0n) is 9.18. The Labute approximate surface area is 99.9 Å². The van der Waals surface area contributed by atoms with Crippen LogP contribution < -0.4 is 10.6 Å². The molecule has 86 valence electrons. The molecule has 3 N–H and O–H groups in total. The van der Waals surface area contributed by atoms with Gasteiger partial charge in [0, 0.05) is 23.8 Å². The number of aromatic nitrogens is 2. The SMILES string of the molecule is S=c1nc(NC2CCC2)c2c([nH]1)CNCC2. The van der Waals surface area contributed by atoms with Crippen LogP contribution in [0.4, 0.5) is 5.82 Å². The number of hydrogen-bond donors (Lipinski definition) is 3. The second-order valence-corrected chi connectivity index (χ2v) is 4.93. The summed E-state index contributed by atoms with van der Waals surface area (Å²) in [5.74, 6) is 1.02. The minimum atomic E-state index is 0.587. The number of nitrogens with one attached hydrogen (secondary N) is 3. The maximum atomic E-state index is 5.16. The first-order valence-corrected chi connectivity index (χ1v) is 6.33. The highest BCUT2D eigenvalue weighted by molar-refractivity contribution is 7.71. The summed E-state index contributed by atoms with van der Waals surface area (Å²) in [6.45, 7) is 1.90. The summed E-state index contributed by atoms with van der Waals surface area (Å²) in [6, 6.07) is 0.614. The highest BCUT2D eigenvalue weighted by Crippen LogP contribution is 2.26. The first-order chi connectivity index (χ1) is 7.83. The molecule has 1 aliphatic carbocycles. The van der Waals surface area contributed by atoms with Gasteiger partial charge in [-0.3, -0.25) is 0 Å². The van der Waals surface area contributed by atoms with Crippen LogP contribution in [0.3, 0.4) is 0 Å². The zero-order valence-corrected chi connectivity index (χ0v) is 9.99. The van der Waals surface area contributed by atoms with Crippen LogP contribution in [0.2, 0.25) is 0 Å². The van der Waals surface area contributed by atoms with E-state index in [9.17, 15) is 0 Å². The van der Waals surface area contributed by atoms with E-state index in [0.29, 0.717) is 10.8 Å². The van der Waals surface area contributed by atoms with Crippen LogP contribution in [-0.4, -0.2) is 22.6 Å². The Kier molecular flexibility index (Phi) is 2.65. The highest BCUT2D eigenvalue weighted by Gasteiger charge is 2.21. The van der Waals surface area contributed by atoms with E-state index in [4.69, 9.17) is 12.2 Å². The van der Waals surface area contributed by atoms with Crippen LogP contribution in [0, 0.1) is 4.77 Å². The van der Waals surface area contributed by atoms with Crippen molar-refractivity contribution in [1.82, 2.24) is 15.3 Å². The van der Waals surface area contributed by atoms with Gasteiger partial charge in [-0.25, -0.2) is 4.98 Å². The van der Waals surface area contributed by atoms with Crippen molar-refractivity contribution in [2.75, 3.05) is 11.9 Å². The van der Waals surface area contributed by atoms with Crippen molar-refractivity contribution >= 4 is 18.0 Å². The summed E-state index contributed by atoms with van der Waals surface area (Å²) in [4.78, 5) is 7.61. The fourth-order valence-corrected chi connectivity index (χ4v) is 2.47. The van der Waals surface area contributed by atoms with Crippen molar-refractivity contribution in [3.05, 3.63) is 16.0 Å². The molecule has 1 fully saturated rings. The molecule has 1 aliphatic heterocycles. The van der Waals surface area contributed by atoms with Gasteiger partial charge in [0.2, 0.25) is 0 Å². The van der Waals surface area contributed by atoms with E-state index in [1.807, 2.05) is 0 Å². The number of aromatic amines is 1. The predicted octanol–water partition coefficient (Wildman–Crippen LogP) is 1.75. The van der Waals surface area contributed by atoms with Gasteiger partial charge in [-0.1, -0.05) is 0 Å². The fourth-order valence-electron chi connectivity index (χ4n) is 2.26. The standard InChI is InChI=1S/C11H16N4S/c16-11-14-9-6-12-5-4-8(9)10(15-11)13-7-2-1-3-7/h7,12H,1-6H2,(H2,13,14,15,16). The number of fused-ring (bicyclic) bond motifs is 1. The Morgan fingerprint density at radius 3 is 3.00 bits per heavy atom. The van der Waals surface area contributed by atoms with Crippen LogP contribution in [0.15, 0.2) is 0 Å². The lowest BCUT2D eigenvalue weighted by atomic mass is 9.93. The Morgan fingerprint density at radius 2 is 2.25 bits per heavy atom. The minimum Gasteiger partial charge on any atom is -0.367 e. The quantitative estimate of drug-likeness (QED) is 0.685. The first kappa shape index (κ1) is 10.2. The minimum absolute atomic E-state index is 0.587. The van der Waals surface area contributed by atoms with Crippen molar-refractivity contribution in [3.8, 4) is 0 Å². The van der Waals surface area contributed by atoms with Gasteiger partial charge in [-0.2, -0.15) is 0 Å². The molecule has 0 unspecified atom stereocenters. The van der Waals surface area contributed by atoms with E-state index in [-0.39, 0.29) is 0 Å². The third-order valence-corrected chi connectivity index (χ3v) is 3.61. The fraction of sp³-hybridized carbons (Fsp3) is 0.636. The van der Waals surface area contributed by atoms with Gasteiger partial charge in [-0.15, -0.1) is 0 Å². The lowest BCUT2D eigenvalue weighted by Crippen LogP contribution is -2.31. The van der Waals surface area contributed by atoms with E-state index in [2.05, 4.69) is 20.6 Å². The predicted molar refractivity (Wildman–Crippen MR) is 66.1 cm³/mol. The van der Waals surface area contributed by atoms with Crippen molar-refractivity contribution < 1.29 is 0 Å². The van der Waals surface area contributed by atoms with Gasteiger partial charge in [0.25, 0.3) is 0 Å². The molecule has 0 amide bonds. The second kappa shape index (κ2) is 4.14. The van der Waals surface area contributed by atoms with Crippen LogP contribution in [0.25, 0.3) is 0 Å². The summed E-state index contributed by atoms with van der Waals surface area (Å²) in [6.07, 6.45) is 4.89. The Hall–Kier alpha value is -0.940. The average Bonchev–Trinajstić information content (AvgIpc) is 2.23. The second-order valence-electron chi connectivity index (χ2n) is 4.55. The van der Waals surface area contributed by atoms with Gasteiger partial charge in [0.1, 0.15) is 5.82 Å². The van der Waals surface area contributed by atoms with E-state index in [1.165, 1.54) is 30.5 Å². The Bertz CT molecular complexity index is 450. The molecule has 1 saturated carbocycles. The first-order valence-electron chi connectivity index (χ1n) is 5.92. The maximum absolute atomic E-state index is 5.16. The van der Waals surface area contributed by atoms with Crippen molar-refractivity contribution in [2.45, 2.75) is 38.3 Å². The highest BCUT2D eigenvalue weighted by atomic mass is 32.1. The molecule has 4 nitrogen and oxygen atoms in total. The van der Waals surface area contributed by atoms with E-state index in [1.54, 1.807) is 0 Å². The summed E-state index contributed by atoms with van der Waals surface area (Å²) in [5, 5.41) is 6.87. The molecule has 3 rings (SSSR count). The smallest absolute Gasteiger partial charge is 0.199 e. The molecule has 0 radical (unpaired) electrons. The molecule has 16 heavy (non-hydrogen) atoms.